The minimum atomic E-state index is -4.96. The van der Waals surface area contributed by atoms with E-state index in [1.807, 2.05) is 0 Å². The molecule has 86 valence electrons. The number of rotatable bonds is 1. The molecule has 0 saturated carbocycles. The quantitative estimate of drug-likeness (QED) is 0.616. The van der Waals surface area contributed by atoms with Crippen LogP contribution in [0.4, 0.5) is 13.2 Å². The monoisotopic (exact) mass is 226 g/mol. The van der Waals surface area contributed by atoms with E-state index in [-0.39, 0.29) is 12.7 Å². The van der Waals surface area contributed by atoms with Gasteiger partial charge in [0.2, 0.25) is 0 Å². The Kier molecular flexibility index (Phi) is 2.59. The zero-order chi connectivity index (χ0) is 11.1. The Morgan fingerprint density at radius 2 is 2.07 bits per heavy atom. The molecule has 2 unspecified atom stereocenters. The van der Waals surface area contributed by atoms with Gasteiger partial charge in [0.25, 0.3) is 0 Å². The maximum Gasteiger partial charge on any atom is 0.490 e. The highest BCUT2D eigenvalue weighted by atomic mass is 19.4. The minimum absolute atomic E-state index is 0.0306. The van der Waals surface area contributed by atoms with E-state index in [2.05, 4.69) is 4.74 Å². The zero-order valence-electron chi connectivity index (χ0n) is 7.62. The molecule has 4 nitrogen and oxygen atoms in total. The van der Waals surface area contributed by atoms with Gasteiger partial charge in [0.15, 0.2) is 6.10 Å². The van der Waals surface area contributed by atoms with Gasteiger partial charge in [0, 0.05) is 6.61 Å². The average Bonchev–Trinajstić information content (AvgIpc) is 2.67. The highest BCUT2D eigenvalue weighted by Crippen LogP contribution is 2.29. The molecule has 0 bridgehead atoms. The fourth-order valence-corrected chi connectivity index (χ4v) is 1.74. The van der Waals surface area contributed by atoms with Crippen LogP contribution in [-0.4, -0.2) is 43.7 Å². The minimum Gasteiger partial charge on any atom is -0.450 e. The van der Waals surface area contributed by atoms with Gasteiger partial charge in [-0.3, -0.25) is 0 Å². The molecule has 2 saturated heterocycles. The normalized spacial score (nSPS) is 35.3. The Balaban J connectivity index is 1.93. The number of alkyl halides is 3. The Hall–Kier alpha value is -0.820. The molecule has 0 spiro atoms. The summed E-state index contributed by atoms with van der Waals surface area (Å²) in [4.78, 5) is 10.6. The number of fused-ring (bicyclic) bond motifs is 1. The second kappa shape index (κ2) is 3.64. The molecule has 7 heteroatoms. The highest BCUT2D eigenvalue weighted by Gasteiger charge is 2.48. The Morgan fingerprint density at radius 1 is 1.33 bits per heavy atom. The summed E-state index contributed by atoms with van der Waals surface area (Å²) in [5.74, 6) is -2.19. The standard InChI is InChI=1S/C8H9F3O4/c9-8(10,11)7(12)15-5-3-14-4-1-2-13-6(4)5/h4-6H,1-3H2/t4?,5-,6?/m1/s1. The summed E-state index contributed by atoms with van der Waals surface area (Å²) in [7, 11) is 0. The molecule has 0 aliphatic carbocycles. The molecule has 0 aromatic heterocycles. The summed E-state index contributed by atoms with van der Waals surface area (Å²) in [6.07, 6.45) is -6.06. The van der Waals surface area contributed by atoms with Crippen LogP contribution in [0.25, 0.3) is 0 Å². The van der Waals surface area contributed by atoms with Gasteiger partial charge in [0.05, 0.1) is 12.7 Å². The molecule has 0 radical (unpaired) electrons. The van der Waals surface area contributed by atoms with E-state index in [4.69, 9.17) is 9.47 Å². The lowest BCUT2D eigenvalue weighted by molar-refractivity contribution is -0.208. The van der Waals surface area contributed by atoms with Crippen LogP contribution in [0.1, 0.15) is 6.42 Å². The first-order valence-corrected chi connectivity index (χ1v) is 4.49. The van der Waals surface area contributed by atoms with Crippen molar-refractivity contribution in [2.75, 3.05) is 13.2 Å². The number of hydrogen-bond donors (Lipinski definition) is 0. The van der Waals surface area contributed by atoms with Gasteiger partial charge in [-0.2, -0.15) is 13.2 Å². The molecule has 0 N–H and O–H groups in total. The van der Waals surface area contributed by atoms with Gasteiger partial charge in [-0.05, 0) is 6.42 Å². The number of ether oxygens (including phenoxy) is 3. The van der Waals surface area contributed by atoms with E-state index >= 15 is 0 Å². The second-order valence-corrected chi connectivity index (χ2v) is 3.44. The van der Waals surface area contributed by atoms with Crippen LogP contribution in [0.15, 0.2) is 0 Å². The van der Waals surface area contributed by atoms with Crippen molar-refractivity contribution in [3.63, 3.8) is 0 Å². The summed E-state index contributed by atoms with van der Waals surface area (Å²) in [5, 5.41) is 0. The van der Waals surface area contributed by atoms with Crippen molar-refractivity contribution in [1.29, 1.82) is 0 Å². The molecule has 2 aliphatic heterocycles. The van der Waals surface area contributed by atoms with E-state index in [0.29, 0.717) is 13.0 Å². The van der Waals surface area contributed by atoms with Crippen molar-refractivity contribution in [3.8, 4) is 0 Å². The van der Waals surface area contributed by atoms with Crippen molar-refractivity contribution in [2.45, 2.75) is 30.9 Å². The topological polar surface area (TPSA) is 44.8 Å². The van der Waals surface area contributed by atoms with Crippen LogP contribution in [-0.2, 0) is 19.0 Å². The van der Waals surface area contributed by atoms with Gasteiger partial charge in [0.1, 0.15) is 6.10 Å². The zero-order valence-corrected chi connectivity index (χ0v) is 7.62. The first kappa shape index (κ1) is 10.7. The third-order valence-electron chi connectivity index (χ3n) is 2.41. The van der Waals surface area contributed by atoms with Gasteiger partial charge in [-0.1, -0.05) is 0 Å². The van der Waals surface area contributed by atoms with Gasteiger partial charge in [-0.15, -0.1) is 0 Å². The molecule has 2 heterocycles. The maximum absolute atomic E-state index is 11.9. The summed E-state index contributed by atoms with van der Waals surface area (Å²) >= 11 is 0. The van der Waals surface area contributed by atoms with E-state index in [0.717, 1.165) is 0 Å². The van der Waals surface area contributed by atoms with Crippen LogP contribution in [0.5, 0.6) is 0 Å². The van der Waals surface area contributed by atoms with E-state index < -0.39 is 24.4 Å². The first-order valence-electron chi connectivity index (χ1n) is 4.49. The Labute approximate surface area is 83.3 Å². The third-order valence-corrected chi connectivity index (χ3v) is 2.41. The Morgan fingerprint density at radius 3 is 2.73 bits per heavy atom. The molecule has 0 amide bonds. The largest absolute Gasteiger partial charge is 0.490 e. The predicted molar refractivity (Wildman–Crippen MR) is 40.0 cm³/mol. The lowest BCUT2D eigenvalue weighted by Gasteiger charge is -2.17. The summed E-state index contributed by atoms with van der Waals surface area (Å²) < 4.78 is 50.2. The predicted octanol–water partition coefficient (Wildman–Crippen LogP) is 0.648. The smallest absolute Gasteiger partial charge is 0.450 e. The number of carbonyl (C=O) groups excluding carboxylic acids is 1. The van der Waals surface area contributed by atoms with Crippen molar-refractivity contribution in [1.82, 2.24) is 0 Å². The Bertz CT molecular complexity index is 265. The second-order valence-electron chi connectivity index (χ2n) is 3.44. The molecular formula is C8H9F3O4. The molecule has 2 aliphatic rings. The number of esters is 1. The summed E-state index contributed by atoms with van der Waals surface area (Å²) in [6.45, 7) is 0.395. The first-order chi connectivity index (χ1) is 6.98. The molecule has 15 heavy (non-hydrogen) atoms. The van der Waals surface area contributed by atoms with Crippen LogP contribution >= 0.6 is 0 Å². The van der Waals surface area contributed by atoms with Crippen LogP contribution < -0.4 is 0 Å². The van der Waals surface area contributed by atoms with E-state index in [9.17, 15) is 18.0 Å². The fourth-order valence-electron chi connectivity index (χ4n) is 1.74. The van der Waals surface area contributed by atoms with Gasteiger partial charge >= 0.3 is 12.1 Å². The molecule has 0 aromatic carbocycles. The van der Waals surface area contributed by atoms with Gasteiger partial charge in [-0.25, -0.2) is 4.79 Å². The van der Waals surface area contributed by atoms with Crippen LogP contribution in [0, 0.1) is 0 Å². The van der Waals surface area contributed by atoms with Crippen molar-refractivity contribution < 1.29 is 32.2 Å². The van der Waals surface area contributed by atoms with Crippen LogP contribution in [0.3, 0.4) is 0 Å². The molecule has 3 atom stereocenters. The third kappa shape index (κ3) is 2.07. The maximum atomic E-state index is 11.9. The number of hydrogen-bond acceptors (Lipinski definition) is 4. The van der Waals surface area contributed by atoms with Crippen LogP contribution in [0.2, 0.25) is 0 Å². The van der Waals surface area contributed by atoms with E-state index in [1.54, 1.807) is 0 Å². The molecule has 2 rings (SSSR count). The fraction of sp³-hybridized carbons (Fsp3) is 0.875. The van der Waals surface area contributed by atoms with Gasteiger partial charge < -0.3 is 14.2 Å². The lowest BCUT2D eigenvalue weighted by Crippen LogP contribution is -2.37. The SMILES string of the molecule is O=C(O[C@@H]1COC2CCOC21)C(F)(F)F. The number of carbonyl (C=O) groups is 1. The van der Waals surface area contributed by atoms with E-state index in [1.165, 1.54) is 0 Å². The van der Waals surface area contributed by atoms with Crippen molar-refractivity contribution in [2.24, 2.45) is 0 Å². The average molecular weight is 226 g/mol. The molecule has 2 fully saturated rings. The van der Waals surface area contributed by atoms with Crippen molar-refractivity contribution in [3.05, 3.63) is 0 Å². The lowest BCUT2D eigenvalue weighted by atomic mass is 10.1. The molecular weight excluding hydrogens is 217 g/mol. The number of halogens is 3. The highest BCUT2D eigenvalue weighted by molar-refractivity contribution is 5.75. The van der Waals surface area contributed by atoms with Crippen molar-refractivity contribution >= 4 is 5.97 Å². The summed E-state index contributed by atoms with van der Waals surface area (Å²) in [6, 6.07) is 0. The molecule has 0 aromatic rings. The summed E-state index contributed by atoms with van der Waals surface area (Å²) in [5.41, 5.74) is 0.